The molecule has 150 valence electrons. The van der Waals surface area contributed by atoms with Crippen LogP contribution in [-0.2, 0) is 6.54 Å². The van der Waals surface area contributed by atoms with Crippen molar-refractivity contribution in [2.45, 2.75) is 32.9 Å². The number of likely N-dealkylation sites (N-methyl/N-ethyl adjacent to an activating group) is 1. The Balaban J connectivity index is 1.61. The molecule has 7 nitrogen and oxygen atoms in total. The molecule has 2 amide bonds. The van der Waals surface area contributed by atoms with Gasteiger partial charge in [-0.2, -0.15) is 0 Å². The number of nitrogens with zero attached hydrogens (tertiary/aromatic N) is 4. The highest BCUT2D eigenvalue weighted by Crippen LogP contribution is 2.21. The molecule has 1 saturated heterocycles. The third kappa shape index (κ3) is 4.25. The number of carbonyl (C=O) groups is 2. The van der Waals surface area contributed by atoms with Crippen LogP contribution in [0.15, 0.2) is 28.7 Å². The van der Waals surface area contributed by atoms with Crippen molar-refractivity contribution in [3.63, 3.8) is 0 Å². The van der Waals surface area contributed by atoms with Crippen LogP contribution in [0.25, 0.3) is 0 Å². The van der Waals surface area contributed by atoms with E-state index in [1.165, 1.54) is 4.90 Å². The second-order valence-electron chi connectivity index (χ2n) is 7.61. The van der Waals surface area contributed by atoms with Crippen molar-refractivity contribution in [1.82, 2.24) is 19.7 Å². The van der Waals surface area contributed by atoms with E-state index in [9.17, 15) is 9.59 Å². The smallest absolute Gasteiger partial charge is 0.253 e. The van der Waals surface area contributed by atoms with E-state index >= 15 is 0 Å². The van der Waals surface area contributed by atoms with E-state index in [0.29, 0.717) is 23.6 Å². The van der Waals surface area contributed by atoms with Crippen molar-refractivity contribution in [2.75, 3.05) is 34.2 Å². The fourth-order valence-electron chi connectivity index (χ4n) is 3.58. The summed E-state index contributed by atoms with van der Waals surface area (Å²) in [5.41, 5.74) is 2.10. The highest BCUT2D eigenvalue weighted by atomic mass is 16.4. The molecule has 2 aromatic rings. The molecule has 1 aliphatic heterocycles. The molecule has 0 radical (unpaired) electrons. The zero-order valence-electron chi connectivity index (χ0n) is 17.2. The molecule has 1 atom stereocenters. The summed E-state index contributed by atoms with van der Waals surface area (Å²) < 4.78 is 5.67. The van der Waals surface area contributed by atoms with Crippen LogP contribution in [0, 0.1) is 13.8 Å². The van der Waals surface area contributed by atoms with Crippen molar-refractivity contribution >= 4 is 11.8 Å². The number of likely N-dealkylation sites (tertiary alicyclic amines) is 1. The second kappa shape index (κ2) is 8.14. The highest BCUT2D eigenvalue weighted by Gasteiger charge is 2.29. The first-order valence-corrected chi connectivity index (χ1v) is 9.50. The molecule has 1 aromatic heterocycles. The lowest BCUT2D eigenvalue weighted by molar-refractivity contribution is 0.0733. The second-order valence-corrected chi connectivity index (χ2v) is 7.61. The van der Waals surface area contributed by atoms with E-state index in [0.717, 1.165) is 31.0 Å². The Labute approximate surface area is 165 Å². The average molecular weight is 384 g/mol. The molecule has 1 unspecified atom stereocenters. The lowest BCUT2D eigenvalue weighted by Crippen LogP contribution is -2.39. The Bertz CT molecular complexity index is 857. The van der Waals surface area contributed by atoms with Gasteiger partial charge in [-0.3, -0.25) is 14.5 Å². The van der Waals surface area contributed by atoms with E-state index < -0.39 is 0 Å². The number of rotatable bonds is 5. The molecule has 0 spiro atoms. The zero-order chi connectivity index (χ0) is 20.4. The van der Waals surface area contributed by atoms with Crippen LogP contribution in [0.1, 0.15) is 44.5 Å². The molecular weight excluding hydrogens is 356 g/mol. The zero-order valence-corrected chi connectivity index (χ0v) is 17.2. The van der Waals surface area contributed by atoms with Crippen LogP contribution in [0.2, 0.25) is 0 Å². The van der Waals surface area contributed by atoms with Crippen molar-refractivity contribution in [1.29, 1.82) is 0 Å². The maximum atomic E-state index is 12.9. The lowest BCUT2D eigenvalue weighted by Gasteiger charge is -2.25. The first-order valence-electron chi connectivity index (χ1n) is 9.50. The third-order valence-corrected chi connectivity index (χ3v) is 5.27. The SMILES string of the molecule is Cc1nc(C)c(CN2CCC(N(C)C(=O)c3ccc(C(=O)N(C)C)cc3)C2)o1. The molecule has 7 heteroatoms. The fraction of sp³-hybridized carbons (Fsp3) is 0.476. The van der Waals surface area contributed by atoms with Gasteiger partial charge in [0.15, 0.2) is 5.89 Å². The number of hydrogen-bond donors (Lipinski definition) is 0. The maximum absolute atomic E-state index is 12.9. The Morgan fingerprint density at radius 1 is 1.11 bits per heavy atom. The highest BCUT2D eigenvalue weighted by molar-refractivity contribution is 5.97. The predicted molar refractivity (Wildman–Crippen MR) is 106 cm³/mol. The van der Waals surface area contributed by atoms with Crippen molar-refractivity contribution in [3.8, 4) is 0 Å². The summed E-state index contributed by atoms with van der Waals surface area (Å²) in [7, 11) is 5.27. The summed E-state index contributed by atoms with van der Waals surface area (Å²) in [6, 6.07) is 7.02. The van der Waals surface area contributed by atoms with Gasteiger partial charge in [-0.1, -0.05) is 0 Å². The standard InChI is InChI=1S/C21H28N4O3/c1-14-19(28-15(2)22-14)13-25-11-10-18(12-25)24(5)21(27)17-8-6-16(7-9-17)20(26)23(3)4/h6-9,18H,10-13H2,1-5H3. The van der Waals surface area contributed by atoms with Gasteiger partial charge in [0.25, 0.3) is 11.8 Å². The summed E-state index contributed by atoms with van der Waals surface area (Å²) in [5, 5.41) is 0. The Hall–Kier alpha value is -2.67. The van der Waals surface area contributed by atoms with Crippen molar-refractivity contribution in [2.24, 2.45) is 0 Å². The molecule has 0 aliphatic carbocycles. The maximum Gasteiger partial charge on any atom is 0.253 e. The van der Waals surface area contributed by atoms with Gasteiger partial charge >= 0.3 is 0 Å². The first-order chi connectivity index (χ1) is 13.3. The minimum atomic E-state index is -0.0725. The Morgan fingerprint density at radius 2 is 1.71 bits per heavy atom. The van der Waals surface area contributed by atoms with Crippen LogP contribution >= 0.6 is 0 Å². The van der Waals surface area contributed by atoms with Crippen LogP contribution < -0.4 is 0 Å². The number of carbonyl (C=O) groups excluding carboxylic acids is 2. The topological polar surface area (TPSA) is 69.9 Å². The van der Waals surface area contributed by atoms with Crippen LogP contribution in [0.5, 0.6) is 0 Å². The summed E-state index contributed by atoms with van der Waals surface area (Å²) in [6.07, 6.45) is 0.922. The summed E-state index contributed by atoms with van der Waals surface area (Å²) in [4.78, 5) is 34.8. The van der Waals surface area contributed by atoms with Crippen LogP contribution in [0.3, 0.4) is 0 Å². The number of oxazole rings is 1. The molecule has 28 heavy (non-hydrogen) atoms. The number of amides is 2. The molecule has 0 saturated carbocycles. The monoisotopic (exact) mass is 384 g/mol. The fourth-order valence-corrected chi connectivity index (χ4v) is 3.58. The van der Waals surface area contributed by atoms with Gasteiger partial charge in [0.2, 0.25) is 0 Å². The minimum Gasteiger partial charge on any atom is -0.444 e. The van der Waals surface area contributed by atoms with Gasteiger partial charge in [0.1, 0.15) is 5.76 Å². The minimum absolute atomic E-state index is 0.0256. The van der Waals surface area contributed by atoms with Gasteiger partial charge < -0.3 is 14.2 Å². The van der Waals surface area contributed by atoms with Gasteiger partial charge in [0.05, 0.1) is 12.2 Å². The van der Waals surface area contributed by atoms with Crippen LogP contribution in [0.4, 0.5) is 0 Å². The molecule has 0 N–H and O–H groups in total. The van der Waals surface area contributed by atoms with E-state index in [2.05, 4.69) is 9.88 Å². The van der Waals surface area contributed by atoms with Gasteiger partial charge in [-0.15, -0.1) is 0 Å². The largest absolute Gasteiger partial charge is 0.444 e. The summed E-state index contributed by atoms with van der Waals surface area (Å²) in [5.74, 6) is 1.49. The van der Waals surface area contributed by atoms with Crippen molar-refractivity contribution < 1.29 is 14.0 Å². The molecule has 0 bridgehead atoms. The van der Waals surface area contributed by atoms with E-state index in [1.807, 2.05) is 20.9 Å². The lowest BCUT2D eigenvalue weighted by atomic mass is 10.1. The molecule has 3 rings (SSSR count). The molecule has 1 aliphatic rings. The first kappa shape index (κ1) is 20.1. The quantitative estimate of drug-likeness (QED) is 0.791. The predicted octanol–water partition coefficient (Wildman–Crippen LogP) is 2.34. The van der Waals surface area contributed by atoms with E-state index in [1.54, 1.807) is 43.3 Å². The molecule has 1 aromatic carbocycles. The normalized spacial score (nSPS) is 17.0. The van der Waals surface area contributed by atoms with Gasteiger partial charge in [0, 0.05) is 58.3 Å². The summed E-state index contributed by atoms with van der Waals surface area (Å²) in [6.45, 7) is 6.25. The molecule has 1 fully saturated rings. The van der Waals surface area contributed by atoms with Gasteiger partial charge in [-0.25, -0.2) is 4.98 Å². The van der Waals surface area contributed by atoms with E-state index in [4.69, 9.17) is 4.42 Å². The third-order valence-electron chi connectivity index (χ3n) is 5.27. The van der Waals surface area contributed by atoms with Crippen LogP contribution in [-0.4, -0.2) is 71.8 Å². The summed E-state index contributed by atoms with van der Waals surface area (Å²) >= 11 is 0. The number of hydrogen-bond acceptors (Lipinski definition) is 5. The number of aromatic nitrogens is 1. The van der Waals surface area contributed by atoms with E-state index in [-0.39, 0.29) is 17.9 Å². The Morgan fingerprint density at radius 3 is 2.25 bits per heavy atom. The average Bonchev–Trinajstić information content (AvgIpc) is 3.26. The Kier molecular flexibility index (Phi) is 5.84. The van der Waals surface area contributed by atoms with Gasteiger partial charge in [-0.05, 0) is 37.6 Å². The van der Waals surface area contributed by atoms with Crippen molar-refractivity contribution in [3.05, 3.63) is 52.7 Å². The molecule has 2 heterocycles. The molecular formula is C21H28N4O3. The number of benzene rings is 1. The number of aryl methyl sites for hydroxylation is 2.